The van der Waals surface area contributed by atoms with E-state index in [4.69, 9.17) is 4.98 Å². The van der Waals surface area contributed by atoms with Crippen LogP contribution in [0.1, 0.15) is 26.9 Å². The zero-order valence-corrected chi connectivity index (χ0v) is 21.8. The molecule has 1 aromatic heterocycles. The number of benzene rings is 4. The first-order valence-electron chi connectivity index (χ1n) is 12.1. The second-order valence-electron chi connectivity index (χ2n) is 8.84. The molecule has 0 saturated heterocycles. The lowest BCUT2D eigenvalue weighted by Crippen LogP contribution is -2.43. The van der Waals surface area contributed by atoms with E-state index in [1.54, 1.807) is 34.9 Å². The average molecular weight is 538 g/mol. The van der Waals surface area contributed by atoms with E-state index in [9.17, 15) is 13.2 Å². The topological polar surface area (TPSA) is 72.3 Å². The van der Waals surface area contributed by atoms with Gasteiger partial charge in [-0.25, -0.2) is 17.7 Å². The van der Waals surface area contributed by atoms with Crippen LogP contribution in [0.5, 0.6) is 0 Å². The maximum absolute atomic E-state index is 14.2. The summed E-state index contributed by atoms with van der Waals surface area (Å²) in [4.78, 5) is 20.0. The van der Waals surface area contributed by atoms with Crippen LogP contribution in [0.25, 0.3) is 5.69 Å². The second-order valence-corrected chi connectivity index (χ2v) is 11.8. The van der Waals surface area contributed by atoms with Gasteiger partial charge in [0.25, 0.3) is 10.0 Å². The number of carbonyl (C=O) groups is 1. The van der Waals surface area contributed by atoms with E-state index >= 15 is 0 Å². The van der Waals surface area contributed by atoms with E-state index in [-0.39, 0.29) is 18.1 Å². The summed E-state index contributed by atoms with van der Waals surface area (Å²) in [5, 5.41) is -0.864. The van der Waals surface area contributed by atoms with Crippen LogP contribution < -0.4 is 4.31 Å². The molecule has 8 heteroatoms. The fraction of sp³-hybridized carbons (Fsp3) is 0.0667. The lowest BCUT2D eigenvalue weighted by Gasteiger charge is -2.32. The minimum atomic E-state index is -4.14. The number of ketones is 1. The minimum absolute atomic E-state index is 0.0635. The van der Waals surface area contributed by atoms with Gasteiger partial charge in [0.05, 0.1) is 6.54 Å². The van der Waals surface area contributed by atoms with Crippen LogP contribution in [-0.4, -0.2) is 23.8 Å². The fourth-order valence-electron chi connectivity index (χ4n) is 4.63. The van der Waals surface area contributed by atoms with Gasteiger partial charge in [0.15, 0.2) is 16.2 Å². The molecule has 0 saturated carbocycles. The van der Waals surface area contributed by atoms with Gasteiger partial charge in [-0.05, 0) is 35.4 Å². The van der Waals surface area contributed by atoms with E-state index in [1.807, 2.05) is 91.0 Å². The number of hydrogen-bond acceptors (Lipinski definition) is 5. The average Bonchev–Trinajstić information content (AvgIpc) is 3.32. The third kappa shape index (κ3) is 4.31. The maximum Gasteiger partial charge on any atom is 0.251 e. The molecule has 5 aromatic rings. The molecule has 0 radical (unpaired) electrons. The van der Waals surface area contributed by atoms with Crippen molar-refractivity contribution in [3.05, 3.63) is 138 Å². The number of sulfonamides is 1. The Kier molecular flexibility index (Phi) is 6.35. The molecule has 0 fully saturated rings. The number of para-hydroxylation sites is 1. The molecular weight excluding hydrogens is 514 g/mol. The smallest absolute Gasteiger partial charge is 0.251 e. The van der Waals surface area contributed by atoms with Crippen LogP contribution in [0.4, 0.5) is 5.82 Å². The summed E-state index contributed by atoms with van der Waals surface area (Å²) in [6.45, 7) is 0.0635. The number of aromatic nitrogens is 2. The molecule has 1 unspecified atom stereocenters. The molecule has 1 atom stereocenters. The molecule has 1 aliphatic heterocycles. The Balaban J connectivity index is 1.61. The van der Waals surface area contributed by atoms with Gasteiger partial charge in [-0.3, -0.25) is 9.36 Å². The predicted molar refractivity (Wildman–Crippen MR) is 149 cm³/mol. The van der Waals surface area contributed by atoms with Crippen LogP contribution in [0.2, 0.25) is 0 Å². The summed E-state index contributed by atoms with van der Waals surface area (Å²) in [6.07, 6.45) is 0. The van der Waals surface area contributed by atoms with Crippen molar-refractivity contribution in [2.75, 3.05) is 4.31 Å². The van der Waals surface area contributed by atoms with Crippen LogP contribution in [0, 0.1) is 0 Å². The highest BCUT2D eigenvalue weighted by molar-refractivity contribution is 7.99. The highest BCUT2D eigenvalue weighted by atomic mass is 32.2. The molecule has 0 aliphatic carbocycles. The Hall–Kier alpha value is -4.14. The molecule has 0 amide bonds. The van der Waals surface area contributed by atoms with Crippen molar-refractivity contribution in [3.63, 3.8) is 0 Å². The van der Waals surface area contributed by atoms with Gasteiger partial charge in [-0.2, -0.15) is 0 Å². The van der Waals surface area contributed by atoms with Crippen molar-refractivity contribution in [1.82, 2.24) is 9.55 Å². The van der Waals surface area contributed by atoms with Crippen LogP contribution in [-0.2, 0) is 16.6 Å². The van der Waals surface area contributed by atoms with Crippen molar-refractivity contribution >= 4 is 33.4 Å². The molecule has 0 N–H and O–H groups in total. The van der Waals surface area contributed by atoms with E-state index in [1.165, 1.54) is 16.1 Å². The van der Waals surface area contributed by atoms with Crippen molar-refractivity contribution in [1.29, 1.82) is 0 Å². The van der Waals surface area contributed by atoms with E-state index in [2.05, 4.69) is 0 Å². The molecule has 38 heavy (non-hydrogen) atoms. The lowest BCUT2D eigenvalue weighted by molar-refractivity contribution is 0.0978. The normalized spacial score (nSPS) is 16.3. The third-order valence-corrected chi connectivity index (χ3v) is 9.34. The summed E-state index contributed by atoms with van der Waals surface area (Å²) in [7, 11) is -4.14. The Morgan fingerprint density at radius 3 is 1.92 bits per heavy atom. The number of carbonyl (C=O) groups excluding carboxylic acids is 1. The minimum Gasteiger partial charge on any atom is -0.290 e. The summed E-state index contributed by atoms with van der Waals surface area (Å²) >= 11 is 1.39. The van der Waals surface area contributed by atoms with E-state index in [0.29, 0.717) is 10.7 Å². The number of imidazole rings is 1. The third-order valence-electron chi connectivity index (χ3n) is 6.38. The molecule has 1 aliphatic rings. The molecule has 188 valence electrons. The number of anilines is 1. The number of fused-ring (bicyclic) bond motifs is 1. The number of Topliss-reactive ketones (excluding diaryl/α,β-unsaturated/α-hetero) is 1. The molecule has 0 bridgehead atoms. The number of rotatable bonds is 6. The first kappa shape index (κ1) is 24.2. The highest BCUT2D eigenvalue weighted by Crippen LogP contribution is 2.44. The van der Waals surface area contributed by atoms with Crippen molar-refractivity contribution < 1.29 is 13.2 Å². The van der Waals surface area contributed by atoms with Gasteiger partial charge in [-0.1, -0.05) is 109 Å². The second kappa shape index (κ2) is 9.96. The largest absolute Gasteiger partial charge is 0.290 e. The Morgan fingerprint density at radius 1 is 0.737 bits per heavy atom. The Bertz CT molecular complexity index is 1690. The number of nitrogens with zero attached hydrogens (tertiary/aromatic N) is 3. The van der Waals surface area contributed by atoms with Gasteiger partial charge in [0.1, 0.15) is 5.69 Å². The van der Waals surface area contributed by atoms with Gasteiger partial charge >= 0.3 is 0 Å². The van der Waals surface area contributed by atoms with Crippen LogP contribution >= 0.6 is 11.8 Å². The van der Waals surface area contributed by atoms with Crippen molar-refractivity contribution in [3.8, 4) is 5.69 Å². The zero-order valence-electron chi connectivity index (χ0n) is 20.2. The molecule has 4 aromatic carbocycles. The highest BCUT2D eigenvalue weighted by Gasteiger charge is 2.49. The standard InChI is InChI=1S/C30H23N3O3S2/c34-27-26-29(31-30(37-25-19-11-4-12-20-25)33(26)24-17-9-3-10-18-24)32(21-22-13-5-1-6-14-22)38(35,36)28(27)23-15-7-2-8-16-23/h1-20,28H,21H2. The molecule has 0 spiro atoms. The van der Waals surface area contributed by atoms with E-state index in [0.717, 1.165) is 16.1 Å². The van der Waals surface area contributed by atoms with Gasteiger partial charge in [-0.15, -0.1) is 0 Å². The fourth-order valence-corrected chi connectivity index (χ4v) is 7.39. The monoisotopic (exact) mass is 537 g/mol. The summed E-state index contributed by atoms with van der Waals surface area (Å²) < 4.78 is 31.4. The van der Waals surface area contributed by atoms with Crippen molar-refractivity contribution in [2.24, 2.45) is 0 Å². The van der Waals surface area contributed by atoms with Crippen LogP contribution in [0.15, 0.2) is 131 Å². The molecule has 6 nitrogen and oxygen atoms in total. The summed E-state index contributed by atoms with van der Waals surface area (Å²) in [6, 6.07) is 37.2. The maximum atomic E-state index is 14.2. The SMILES string of the molecule is O=C1c2c(nc(Sc3ccccc3)n2-c2ccccc2)N(Cc2ccccc2)S(=O)(=O)C1c1ccccc1. The predicted octanol–water partition coefficient (Wildman–Crippen LogP) is 6.30. The van der Waals surface area contributed by atoms with Gasteiger partial charge in [0.2, 0.25) is 5.78 Å². The first-order chi connectivity index (χ1) is 18.5. The van der Waals surface area contributed by atoms with Gasteiger partial charge in [0, 0.05) is 10.6 Å². The molecular formula is C30H23N3O3S2. The first-order valence-corrected chi connectivity index (χ1v) is 14.4. The van der Waals surface area contributed by atoms with Gasteiger partial charge < -0.3 is 0 Å². The lowest BCUT2D eigenvalue weighted by atomic mass is 10.1. The van der Waals surface area contributed by atoms with Crippen LogP contribution in [0.3, 0.4) is 0 Å². The van der Waals surface area contributed by atoms with E-state index < -0.39 is 21.1 Å². The summed E-state index contributed by atoms with van der Waals surface area (Å²) in [5.41, 5.74) is 2.22. The molecule has 2 heterocycles. The number of hydrogen-bond donors (Lipinski definition) is 0. The quantitative estimate of drug-likeness (QED) is 0.254. The Morgan fingerprint density at radius 2 is 1.29 bits per heavy atom. The Labute approximate surface area is 225 Å². The zero-order chi connectivity index (χ0) is 26.1. The van der Waals surface area contributed by atoms with Crippen molar-refractivity contribution in [2.45, 2.75) is 21.8 Å². The summed E-state index contributed by atoms with van der Waals surface area (Å²) in [5.74, 6) is -0.347. The molecule has 6 rings (SSSR count).